The van der Waals surface area contributed by atoms with Crippen LogP contribution >= 0.6 is 22.6 Å². The third kappa shape index (κ3) is 8.01. The van der Waals surface area contributed by atoms with E-state index in [2.05, 4.69) is 40.1 Å². The van der Waals surface area contributed by atoms with E-state index in [1.807, 2.05) is 12.1 Å². The lowest BCUT2D eigenvalue weighted by Crippen LogP contribution is -2.36. The summed E-state index contributed by atoms with van der Waals surface area (Å²) in [5.41, 5.74) is 0.610. The summed E-state index contributed by atoms with van der Waals surface area (Å²) in [7, 11) is 0. The van der Waals surface area contributed by atoms with Gasteiger partial charge in [-0.15, -0.1) is 0 Å². The van der Waals surface area contributed by atoms with Gasteiger partial charge in [0.25, 0.3) is 0 Å². The maximum atomic E-state index is 11.6. The number of rotatable bonds is 8. The SMILES string of the molecule is CCCCOCCCNC(=O)C(=O)Nc1ccc(I)cc1. The van der Waals surface area contributed by atoms with Crippen molar-refractivity contribution in [2.75, 3.05) is 25.1 Å². The van der Waals surface area contributed by atoms with Crippen LogP contribution in [0.15, 0.2) is 24.3 Å². The summed E-state index contributed by atoms with van der Waals surface area (Å²) in [5.74, 6) is -1.27. The molecule has 6 heteroatoms. The number of anilines is 1. The van der Waals surface area contributed by atoms with Gasteiger partial charge in [-0.1, -0.05) is 13.3 Å². The van der Waals surface area contributed by atoms with Gasteiger partial charge in [-0.3, -0.25) is 9.59 Å². The maximum Gasteiger partial charge on any atom is 0.313 e. The Morgan fingerprint density at radius 2 is 1.76 bits per heavy atom. The summed E-state index contributed by atoms with van der Waals surface area (Å²) >= 11 is 2.17. The van der Waals surface area contributed by atoms with Crippen LogP contribution in [0, 0.1) is 3.57 Å². The minimum atomic E-state index is -0.650. The summed E-state index contributed by atoms with van der Waals surface area (Å²) in [6.07, 6.45) is 2.85. The van der Waals surface area contributed by atoms with E-state index in [0.29, 0.717) is 25.3 Å². The maximum absolute atomic E-state index is 11.6. The van der Waals surface area contributed by atoms with Crippen molar-refractivity contribution in [2.24, 2.45) is 0 Å². The number of nitrogens with one attached hydrogen (secondary N) is 2. The molecule has 21 heavy (non-hydrogen) atoms. The fraction of sp³-hybridized carbons (Fsp3) is 0.467. The van der Waals surface area contributed by atoms with Gasteiger partial charge in [0.2, 0.25) is 0 Å². The molecule has 0 fully saturated rings. The fourth-order valence-electron chi connectivity index (χ4n) is 1.53. The van der Waals surface area contributed by atoms with E-state index in [9.17, 15) is 9.59 Å². The summed E-state index contributed by atoms with van der Waals surface area (Å²) in [6.45, 7) is 3.89. The van der Waals surface area contributed by atoms with E-state index >= 15 is 0 Å². The number of benzene rings is 1. The molecule has 0 radical (unpaired) electrons. The zero-order valence-corrected chi connectivity index (χ0v) is 14.3. The molecule has 0 saturated heterocycles. The Labute approximate surface area is 139 Å². The number of ether oxygens (including phenoxy) is 1. The summed E-state index contributed by atoms with van der Waals surface area (Å²) < 4.78 is 6.44. The highest BCUT2D eigenvalue weighted by Gasteiger charge is 2.12. The molecule has 0 bridgehead atoms. The van der Waals surface area contributed by atoms with Crippen LogP contribution in [0.5, 0.6) is 0 Å². The van der Waals surface area contributed by atoms with Crippen molar-refractivity contribution in [1.29, 1.82) is 0 Å². The van der Waals surface area contributed by atoms with Crippen molar-refractivity contribution in [3.05, 3.63) is 27.8 Å². The van der Waals surface area contributed by atoms with Crippen LogP contribution in [0.4, 0.5) is 5.69 Å². The third-order valence-electron chi connectivity index (χ3n) is 2.70. The van der Waals surface area contributed by atoms with Crippen molar-refractivity contribution in [3.63, 3.8) is 0 Å². The van der Waals surface area contributed by atoms with Crippen molar-refractivity contribution in [1.82, 2.24) is 5.32 Å². The molecule has 1 aromatic carbocycles. The number of hydrogen-bond donors (Lipinski definition) is 2. The lowest BCUT2D eigenvalue weighted by molar-refractivity contribution is -0.136. The molecule has 2 N–H and O–H groups in total. The molecule has 0 aliphatic carbocycles. The van der Waals surface area contributed by atoms with E-state index in [1.54, 1.807) is 12.1 Å². The number of unbranched alkanes of at least 4 members (excludes halogenated alkanes) is 1. The van der Waals surface area contributed by atoms with E-state index < -0.39 is 11.8 Å². The summed E-state index contributed by atoms with van der Waals surface area (Å²) in [6, 6.07) is 7.24. The average molecular weight is 404 g/mol. The molecular formula is C15H21IN2O3. The van der Waals surface area contributed by atoms with Gasteiger partial charge in [0.15, 0.2) is 0 Å². The molecule has 5 nitrogen and oxygen atoms in total. The standard InChI is InChI=1S/C15H21IN2O3/c1-2-3-10-21-11-4-9-17-14(19)15(20)18-13-7-5-12(16)6-8-13/h5-8H,2-4,9-11H2,1H3,(H,17,19)(H,18,20). The van der Waals surface area contributed by atoms with Gasteiger partial charge in [0.1, 0.15) is 0 Å². The fourth-order valence-corrected chi connectivity index (χ4v) is 1.89. The molecule has 0 spiro atoms. The highest BCUT2D eigenvalue weighted by Crippen LogP contribution is 2.10. The molecule has 0 saturated carbocycles. The first-order chi connectivity index (χ1) is 10.1. The third-order valence-corrected chi connectivity index (χ3v) is 3.42. The second-order valence-corrected chi connectivity index (χ2v) is 5.78. The van der Waals surface area contributed by atoms with Crippen molar-refractivity contribution in [2.45, 2.75) is 26.2 Å². The van der Waals surface area contributed by atoms with Gasteiger partial charge >= 0.3 is 11.8 Å². The molecule has 0 aromatic heterocycles. The van der Waals surface area contributed by atoms with Crippen LogP contribution < -0.4 is 10.6 Å². The Morgan fingerprint density at radius 3 is 2.43 bits per heavy atom. The van der Waals surface area contributed by atoms with E-state index in [1.165, 1.54) is 0 Å². The first-order valence-electron chi connectivity index (χ1n) is 7.06. The molecule has 0 aliphatic heterocycles. The Hall–Kier alpha value is -1.15. The van der Waals surface area contributed by atoms with Gasteiger partial charge in [0, 0.05) is 29.0 Å². The molecule has 1 aromatic rings. The first-order valence-corrected chi connectivity index (χ1v) is 8.14. The van der Waals surface area contributed by atoms with Crippen LogP contribution in [0.1, 0.15) is 26.2 Å². The monoisotopic (exact) mass is 404 g/mol. The largest absolute Gasteiger partial charge is 0.381 e. The van der Waals surface area contributed by atoms with Gasteiger partial charge in [-0.25, -0.2) is 0 Å². The first kappa shape index (κ1) is 17.9. The Balaban J connectivity index is 2.16. The summed E-state index contributed by atoms with van der Waals surface area (Å²) in [4.78, 5) is 23.2. The number of carbonyl (C=O) groups excluding carboxylic acids is 2. The van der Waals surface area contributed by atoms with Gasteiger partial charge in [-0.05, 0) is 59.7 Å². The predicted molar refractivity (Wildman–Crippen MR) is 91.1 cm³/mol. The number of hydrogen-bond acceptors (Lipinski definition) is 3. The number of carbonyl (C=O) groups is 2. The van der Waals surface area contributed by atoms with E-state index in [-0.39, 0.29) is 0 Å². The Bertz CT molecular complexity index is 449. The second-order valence-electron chi connectivity index (χ2n) is 4.54. The average Bonchev–Trinajstić information content (AvgIpc) is 2.48. The molecule has 0 atom stereocenters. The van der Waals surface area contributed by atoms with Crippen LogP contribution in [0.3, 0.4) is 0 Å². The zero-order valence-electron chi connectivity index (χ0n) is 12.2. The van der Waals surface area contributed by atoms with Crippen LogP contribution in [-0.2, 0) is 14.3 Å². The van der Waals surface area contributed by atoms with Gasteiger partial charge in [0.05, 0.1) is 0 Å². The normalized spacial score (nSPS) is 10.2. The Morgan fingerprint density at radius 1 is 1.10 bits per heavy atom. The Kier molecular flexibility index (Phi) is 9.00. The molecular weight excluding hydrogens is 383 g/mol. The highest BCUT2D eigenvalue weighted by molar-refractivity contribution is 14.1. The van der Waals surface area contributed by atoms with Crippen LogP contribution in [0.2, 0.25) is 0 Å². The molecule has 116 valence electrons. The molecule has 0 unspecified atom stereocenters. The van der Waals surface area contributed by atoms with Gasteiger partial charge in [-0.2, -0.15) is 0 Å². The second kappa shape index (κ2) is 10.6. The van der Waals surface area contributed by atoms with Crippen molar-refractivity contribution < 1.29 is 14.3 Å². The zero-order chi connectivity index (χ0) is 15.5. The molecule has 0 heterocycles. The van der Waals surface area contributed by atoms with Crippen LogP contribution in [-0.4, -0.2) is 31.6 Å². The topological polar surface area (TPSA) is 67.4 Å². The quantitative estimate of drug-likeness (QED) is 0.398. The molecule has 1 rings (SSSR count). The predicted octanol–water partition coefficient (Wildman–Crippen LogP) is 2.55. The minimum absolute atomic E-state index is 0.436. The van der Waals surface area contributed by atoms with Gasteiger partial charge < -0.3 is 15.4 Å². The number of amides is 2. The van der Waals surface area contributed by atoms with Crippen LogP contribution in [0.25, 0.3) is 0 Å². The van der Waals surface area contributed by atoms with E-state index in [0.717, 1.165) is 23.0 Å². The lowest BCUT2D eigenvalue weighted by Gasteiger charge is -2.07. The summed E-state index contributed by atoms with van der Waals surface area (Å²) in [5, 5.41) is 5.12. The van der Waals surface area contributed by atoms with Crippen molar-refractivity contribution in [3.8, 4) is 0 Å². The number of halogens is 1. The smallest absolute Gasteiger partial charge is 0.313 e. The highest BCUT2D eigenvalue weighted by atomic mass is 127. The molecule has 0 aliphatic rings. The minimum Gasteiger partial charge on any atom is -0.381 e. The lowest BCUT2D eigenvalue weighted by atomic mass is 10.3. The molecule has 2 amide bonds. The van der Waals surface area contributed by atoms with E-state index in [4.69, 9.17) is 4.74 Å². The van der Waals surface area contributed by atoms with Crippen molar-refractivity contribution >= 4 is 40.1 Å².